The molecule has 0 amide bonds. The van der Waals surface area contributed by atoms with E-state index in [0.29, 0.717) is 5.82 Å². The quantitative estimate of drug-likeness (QED) is 0.721. The van der Waals surface area contributed by atoms with Gasteiger partial charge in [0.05, 0.1) is 11.2 Å². The molecule has 90 valence electrons. The summed E-state index contributed by atoms with van der Waals surface area (Å²) in [7, 11) is 0. The molecule has 0 aliphatic rings. The number of nitrogens with zero attached hydrogens (tertiary/aromatic N) is 2. The summed E-state index contributed by atoms with van der Waals surface area (Å²) in [6.45, 7) is 2.08. The molecule has 0 saturated heterocycles. The van der Waals surface area contributed by atoms with Crippen LogP contribution < -0.4 is 5.73 Å². The second-order valence-corrected chi connectivity index (χ2v) is 4.23. The molecule has 2 heterocycles. The molecule has 0 aliphatic heterocycles. The number of pyridine rings is 1. The number of hydrogen-bond acceptors (Lipinski definition) is 3. The standard InChI is InChI=1S/C14H14N4/c1-2-11-13(17-18-14(11)15)10-5-6-12-9(8-10)4-3-7-16-12/h3-8H,2H2,1H3,(H3,15,17,18). The van der Waals surface area contributed by atoms with Crippen LogP contribution in [0.1, 0.15) is 12.5 Å². The predicted octanol–water partition coefficient (Wildman–Crippen LogP) is 2.77. The van der Waals surface area contributed by atoms with Gasteiger partial charge in [-0.05, 0) is 24.6 Å². The Balaban J connectivity index is 2.19. The first kappa shape index (κ1) is 10.8. The maximum atomic E-state index is 5.85. The van der Waals surface area contributed by atoms with Gasteiger partial charge in [0.25, 0.3) is 0 Å². The fourth-order valence-electron chi connectivity index (χ4n) is 2.21. The van der Waals surface area contributed by atoms with Gasteiger partial charge in [-0.1, -0.05) is 19.1 Å². The molecule has 0 atom stereocenters. The van der Waals surface area contributed by atoms with E-state index in [1.165, 1.54) is 0 Å². The summed E-state index contributed by atoms with van der Waals surface area (Å²) in [4.78, 5) is 4.31. The number of nitrogen functional groups attached to an aromatic ring is 1. The molecule has 0 bridgehead atoms. The highest BCUT2D eigenvalue weighted by molar-refractivity contribution is 5.84. The normalized spacial score (nSPS) is 10.9. The first-order valence-corrected chi connectivity index (χ1v) is 5.97. The SMILES string of the molecule is CCc1c(N)n[nH]c1-c1ccc2ncccc2c1. The number of benzene rings is 1. The third kappa shape index (κ3) is 1.62. The molecule has 0 spiro atoms. The van der Waals surface area contributed by atoms with Crippen LogP contribution in [0, 0.1) is 0 Å². The zero-order valence-corrected chi connectivity index (χ0v) is 10.1. The first-order valence-electron chi connectivity index (χ1n) is 5.97. The van der Waals surface area contributed by atoms with E-state index < -0.39 is 0 Å². The van der Waals surface area contributed by atoms with Crippen LogP contribution in [0.2, 0.25) is 0 Å². The van der Waals surface area contributed by atoms with Gasteiger partial charge in [0.1, 0.15) is 5.82 Å². The zero-order valence-electron chi connectivity index (χ0n) is 10.1. The molecule has 0 unspecified atom stereocenters. The number of nitrogens with one attached hydrogen (secondary N) is 1. The minimum Gasteiger partial charge on any atom is -0.382 e. The van der Waals surface area contributed by atoms with Crippen molar-refractivity contribution in [3.05, 3.63) is 42.1 Å². The second-order valence-electron chi connectivity index (χ2n) is 4.23. The number of H-pyrrole nitrogens is 1. The predicted molar refractivity (Wildman–Crippen MR) is 73.1 cm³/mol. The van der Waals surface area contributed by atoms with Gasteiger partial charge in [-0.2, -0.15) is 5.10 Å². The topological polar surface area (TPSA) is 67.6 Å². The number of aromatic amines is 1. The number of rotatable bonds is 2. The van der Waals surface area contributed by atoms with Crippen LogP contribution in [0.25, 0.3) is 22.2 Å². The largest absolute Gasteiger partial charge is 0.382 e. The fourth-order valence-corrected chi connectivity index (χ4v) is 2.21. The van der Waals surface area contributed by atoms with E-state index in [9.17, 15) is 0 Å². The smallest absolute Gasteiger partial charge is 0.149 e. The Morgan fingerprint density at radius 3 is 3.00 bits per heavy atom. The van der Waals surface area contributed by atoms with E-state index in [1.54, 1.807) is 6.20 Å². The van der Waals surface area contributed by atoms with Crippen LogP contribution in [0.15, 0.2) is 36.5 Å². The molecule has 0 aliphatic carbocycles. The summed E-state index contributed by atoms with van der Waals surface area (Å²) < 4.78 is 0. The van der Waals surface area contributed by atoms with E-state index in [-0.39, 0.29) is 0 Å². The van der Waals surface area contributed by atoms with Crippen LogP contribution >= 0.6 is 0 Å². The Labute approximate surface area is 105 Å². The minimum absolute atomic E-state index is 0.582. The third-order valence-electron chi connectivity index (χ3n) is 3.14. The van der Waals surface area contributed by atoms with Crippen molar-refractivity contribution in [3.8, 4) is 11.3 Å². The maximum Gasteiger partial charge on any atom is 0.149 e. The van der Waals surface area contributed by atoms with Crippen molar-refractivity contribution in [1.29, 1.82) is 0 Å². The molecule has 3 aromatic rings. The Bertz CT molecular complexity index is 700. The summed E-state index contributed by atoms with van der Waals surface area (Å²) in [5.41, 5.74) is 10.0. The zero-order chi connectivity index (χ0) is 12.5. The average molecular weight is 238 g/mol. The van der Waals surface area contributed by atoms with Gasteiger partial charge in [-0.15, -0.1) is 0 Å². The second kappa shape index (κ2) is 4.14. The first-order chi connectivity index (χ1) is 8.79. The molecule has 0 radical (unpaired) electrons. The molecular weight excluding hydrogens is 224 g/mol. The van der Waals surface area contributed by atoms with E-state index in [1.807, 2.05) is 18.2 Å². The van der Waals surface area contributed by atoms with Crippen molar-refractivity contribution in [2.45, 2.75) is 13.3 Å². The van der Waals surface area contributed by atoms with Gasteiger partial charge in [-0.3, -0.25) is 10.1 Å². The number of hydrogen-bond donors (Lipinski definition) is 2. The minimum atomic E-state index is 0.582. The summed E-state index contributed by atoms with van der Waals surface area (Å²) >= 11 is 0. The molecule has 0 saturated carbocycles. The van der Waals surface area contributed by atoms with Gasteiger partial charge >= 0.3 is 0 Å². The molecule has 3 rings (SSSR count). The number of aromatic nitrogens is 3. The summed E-state index contributed by atoms with van der Waals surface area (Å²) in [6.07, 6.45) is 2.66. The lowest BCUT2D eigenvalue weighted by Gasteiger charge is -2.03. The van der Waals surface area contributed by atoms with Gasteiger partial charge in [0.15, 0.2) is 0 Å². The van der Waals surface area contributed by atoms with Crippen molar-refractivity contribution >= 4 is 16.7 Å². The lowest BCUT2D eigenvalue weighted by Crippen LogP contribution is -1.91. The summed E-state index contributed by atoms with van der Waals surface area (Å²) in [5, 5.41) is 8.21. The number of fused-ring (bicyclic) bond motifs is 1. The van der Waals surface area contributed by atoms with Gasteiger partial charge < -0.3 is 5.73 Å². The highest BCUT2D eigenvalue weighted by Gasteiger charge is 2.11. The highest BCUT2D eigenvalue weighted by Crippen LogP contribution is 2.27. The Kier molecular flexibility index (Phi) is 2.48. The van der Waals surface area contributed by atoms with Gasteiger partial charge in [-0.25, -0.2) is 0 Å². The molecule has 1 aromatic carbocycles. The number of anilines is 1. The van der Waals surface area contributed by atoms with Crippen LogP contribution in [0.5, 0.6) is 0 Å². The number of nitrogens with two attached hydrogens (primary N) is 1. The van der Waals surface area contributed by atoms with Crippen LogP contribution in [-0.2, 0) is 6.42 Å². The molecular formula is C14H14N4. The fraction of sp³-hybridized carbons (Fsp3) is 0.143. The molecule has 4 nitrogen and oxygen atoms in total. The Hall–Kier alpha value is -2.36. The molecule has 4 heteroatoms. The van der Waals surface area contributed by atoms with Crippen molar-refractivity contribution < 1.29 is 0 Å². The van der Waals surface area contributed by atoms with Crippen molar-refractivity contribution in [2.75, 3.05) is 5.73 Å². The van der Waals surface area contributed by atoms with Crippen molar-refractivity contribution in [2.24, 2.45) is 0 Å². The summed E-state index contributed by atoms with van der Waals surface area (Å²) in [5.74, 6) is 0.582. The maximum absolute atomic E-state index is 5.85. The highest BCUT2D eigenvalue weighted by atomic mass is 15.2. The van der Waals surface area contributed by atoms with E-state index in [2.05, 4.69) is 34.2 Å². The van der Waals surface area contributed by atoms with Gasteiger partial charge in [0, 0.05) is 22.7 Å². The lowest BCUT2D eigenvalue weighted by molar-refractivity contribution is 1.10. The monoisotopic (exact) mass is 238 g/mol. The molecule has 0 fully saturated rings. The molecule has 18 heavy (non-hydrogen) atoms. The lowest BCUT2D eigenvalue weighted by atomic mass is 10.0. The van der Waals surface area contributed by atoms with Crippen LogP contribution in [0.4, 0.5) is 5.82 Å². The Morgan fingerprint density at radius 2 is 2.17 bits per heavy atom. The van der Waals surface area contributed by atoms with E-state index >= 15 is 0 Å². The van der Waals surface area contributed by atoms with Crippen molar-refractivity contribution in [3.63, 3.8) is 0 Å². The molecule has 3 N–H and O–H groups in total. The van der Waals surface area contributed by atoms with Crippen LogP contribution in [-0.4, -0.2) is 15.2 Å². The van der Waals surface area contributed by atoms with Crippen molar-refractivity contribution in [1.82, 2.24) is 15.2 Å². The third-order valence-corrected chi connectivity index (χ3v) is 3.14. The summed E-state index contributed by atoms with van der Waals surface area (Å²) in [6, 6.07) is 10.2. The molecule has 2 aromatic heterocycles. The Morgan fingerprint density at radius 1 is 1.28 bits per heavy atom. The van der Waals surface area contributed by atoms with E-state index in [4.69, 9.17) is 5.73 Å². The van der Waals surface area contributed by atoms with Crippen LogP contribution in [0.3, 0.4) is 0 Å². The van der Waals surface area contributed by atoms with E-state index in [0.717, 1.165) is 34.1 Å². The average Bonchev–Trinajstić information content (AvgIpc) is 2.79. The van der Waals surface area contributed by atoms with Gasteiger partial charge in [0.2, 0.25) is 0 Å².